The maximum atomic E-state index is 13.5. The lowest BCUT2D eigenvalue weighted by Crippen LogP contribution is -2.27. The van der Waals surface area contributed by atoms with Gasteiger partial charge in [0.25, 0.3) is 0 Å². The Bertz CT molecular complexity index is 759. The van der Waals surface area contributed by atoms with Crippen molar-refractivity contribution in [1.29, 1.82) is 0 Å². The number of hydrogen-bond donors (Lipinski definition) is 1. The first-order chi connectivity index (χ1) is 11.7. The normalized spacial score (nSPS) is 20.8. The molecule has 1 aliphatic rings. The second kappa shape index (κ2) is 6.61. The largest absolute Gasteiger partial charge is 0.361 e. The van der Waals surface area contributed by atoms with Gasteiger partial charge in [0.1, 0.15) is 17.7 Å². The van der Waals surface area contributed by atoms with Gasteiger partial charge in [0.15, 0.2) is 0 Å². The van der Waals surface area contributed by atoms with Crippen LogP contribution < -0.4 is 5.32 Å². The number of aryl methyl sites for hydroxylation is 1. The molecule has 25 heavy (non-hydrogen) atoms. The number of alkyl halides is 1. The Morgan fingerprint density at radius 1 is 1.44 bits per heavy atom. The van der Waals surface area contributed by atoms with Gasteiger partial charge in [0.2, 0.25) is 5.91 Å². The molecule has 0 unspecified atom stereocenters. The highest BCUT2D eigenvalue weighted by atomic mass is 19.1. The average Bonchev–Trinajstić information content (AvgIpc) is 3.19. The molecular formula is C18H24FN4O2. The summed E-state index contributed by atoms with van der Waals surface area (Å²) in [5.41, 5.74) is 1.25. The van der Waals surface area contributed by atoms with Gasteiger partial charge in [-0.05, 0) is 47.0 Å². The Balaban J connectivity index is 1.79. The lowest BCUT2D eigenvalue weighted by atomic mass is 10.0. The van der Waals surface area contributed by atoms with E-state index in [1.807, 2.05) is 33.8 Å². The van der Waals surface area contributed by atoms with Crippen molar-refractivity contribution < 1.29 is 13.7 Å². The molecule has 1 amide bonds. The zero-order valence-electron chi connectivity index (χ0n) is 15.0. The van der Waals surface area contributed by atoms with Gasteiger partial charge in [-0.25, -0.2) is 9.07 Å². The van der Waals surface area contributed by atoms with Gasteiger partial charge in [0, 0.05) is 18.1 Å². The molecule has 0 spiro atoms. The fourth-order valence-electron chi connectivity index (χ4n) is 3.06. The van der Waals surface area contributed by atoms with Crippen molar-refractivity contribution in [3.05, 3.63) is 35.7 Å². The third-order valence-corrected chi connectivity index (χ3v) is 4.25. The Kier molecular flexibility index (Phi) is 4.67. The van der Waals surface area contributed by atoms with Gasteiger partial charge in [-0.2, -0.15) is 5.10 Å². The molecule has 2 atom stereocenters. The van der Waals surface area contributed by atoms with E-state index in [1.165, 1.54) is 0 Å². The van der Waals surface area contributed by atoms with Gasteiger partial charge < -0.3 is 9.84 Å². The van der Waals surface area contributed by atoms with Gasteiger partial charge >= 0.3 is 0 Å². The predicted octanol–water partition coefficient (Wildman–Crippen LogP) is 3.54. The molecule has 6 nitrogen and oxygen atoms in total. The summed E-state index contributed by atoms with van der Waals surface area (Å²) in [7, 11) is 0. The van der Waals surface area contributed by atoms with Crippen LogP contribution >= 0.6 is 0 Å². The van der Waals surface area contributed by atoms with Crippen molar-refractivity contribution in [1.82, 2.24) is 14.9 Å². The minimum absolute atomic E-state index is 0.0613. The highest BCUT2D eigenvalue weighted by Crippen LogP contribution is 2.36. The van der Waals surface area contributed by atoms with Gasteiger partial charge in [-0.1, -0.05) is 5.16 Å². The number of rotatable bonds is 4. The highest BCUT2D eigenvalue weighted by molar-refractivity contribution is 5.91. The van der Waals surface area contributed by atoms with Crippen molar-refractivity contribution in [3.8, 4) is 0 Å². The van der Waals surface area contributed by atoms with Gasteiger partial charge in [0.05, 0.1) is 23.3 Å². The second-order valence-corrected chi connectivity index (χ2v) is 7.62. The molecule has 1 fully saturated rings. The molecule has 1 N–H and O–H groups in total. The summed E-state index contributed by atoms with van der Waals surface area (Å²) in [6.45, 7) is 7.84. The van der Waals surface area contributed by atoms with Gasteiger partial charge in [-0.3, -0.25) is 4.79 Å². The van der Waals surface area contributed by atoms with E-state index < -0.39 is 6.17 Å². The molecule has 1 aliphatic carbocycles. The van der Waals surface area contributed by atoms with Crippen LogP contribution in [-0.4, -0.2) is 27.0 Å². The summed E-state index contributed by atoms with van der Waals surface area (Å²) in [5, 5.41) is 11.3. The lowest BCUT2D eigenvalue weighted by molar-refractivity contribution is -0.115. The van der Waals surface area contributed by atoms with E-state index in [1.54, 1.807) is 17.2 Å². The molecule has 135 valence electrons. The van der Waals surface area contributed by atoms with Crippen molar-refractivity contribution in [2.75, 3.05) is 5.32 Å². The van der Waals surface area contributed by atoms with Crippen LogP contribution in [0.1, 0.15) is 56.7 Å². The number of carbonyl (C=O) groups excluding carboxylic acids is 1. The quantitative estimate of drug-likeness (QED) is 0.918. The van der Waals surface area contributed by atoms with Crippen LogP contribution in [0, 0.1) is 13.3 Å². The molecule has 0 aromatic carbocycles. The third-order valence-electron chi connectivity index (χ3n) is 4.25. The van der Waals surface area contributed by atoms with Gasteiger partial charge in [-0.15, -0.1) is 0 Å². The fourth-order valence-corrected chi connectivity index (χ4v) is 3.06. The topological polar surface area (TPSA) is 73.0 Å². The Morgan fingerprint density at radius 2 is 2.20 bits per heavy atom. The molecule has 0 aliphatic heterocycles. The van der Waals surface area contributed by atoms with Crippen LogP contribution in [0.3, 0.4) is 0 Å². The maximum absolute atomic E-state index is 13.5. The monoisotopic (exact) mass is 347 g/mol. The number of amides is 1. The van der Waals surface area contributed by atoms with E-state index >= 15 is 0 Å². The molecule has 2 aromatic rings. The molecule has 1 saturated carbocycles. The Labute approximate surface area is 146 Å². The molecule has 7 heteroatoms. The minimum atomic E-state index is -0.877. The standard InChI is InChI=1S/C18H24FN4O2/c1-11-7-14(25-22-11)9-17(24)20-16-10-15(12-5-6-13(19)8-12)21-23(16)18(2,3)4/h6-7,10,12-13H,5,8-9H2,1-4H3,(H,20,24)/t12-,13+/m1/s1. The van der Waals surface area contributed by atoms with E-state index in [0.29, 0.717) is 24.4 Å². The number of halogens is 1. The maximum Gasteiger partial charge on any atom is 0.233 e. The van der Waals surface area contributed by atoms with E-state index in [-0.39, 0.29) is 23.8 Å². The number of aromatic nitrogens is 3. The fraction of sp³-hybridized carbons (Fsp3) is 0.556. The first kappa shape index (κ1) is 17.6. The predicted molar refractivity (Wildman–Crippen MR) is 92.0 cm³/mol. The van der Waals surface area contributed by atoms with Crippen LogP contribution in [0.5, 0.6) is 0 Å². The van der Waals surface area contributed by atoms with E-state index in [4.69, 9.17) is 4.52 Å². The second-order valence-electron chi connectivity index (χ2n) is 7.62. The zero-order valence-corrected chi connectivity index (χ0v) is 15.0. The summed E-state index contributed by atoms with van der Waals surface area (Å²) in [6.07, 6.45) is 2.04. The van der Waals surface area contributed by atoms with Crippen LogP contribution in [-0.2, 0) is 16.8 Å². The number of nitrogens with zero attached hydrogens (tertiary/aromatic N) is 3. The number of nitrogens with one attached hydrogen (secondary N) is 1. The Hall–Kier alpha value is -2.18. The van der Waals surface area contributed by atoms with Crippen molar-refractivity contribution >= 4 is 11.7 Å². The van der Waals surface area contributed by atoms with Crippen molar-refractivity contribution in [2.24, 2.45) is 0 Å². The molecule has 2 aromatic heterocycles. The molecular weight excluding hydrogens is 323 g/mol. The number of carbonyl (C=O) groups is 1. The van der Waals surface area contributed by atoms with Crippen molar-refractivity contribution in [3.63, 3.8) is 0 Å². The molecule has 1 radical (unpaired) electrons. The molecule has 0 saturated heterocycles. The summed E-state index contributed by atoms with van der Waals surface area (Å²) < 4.78 is 20.4. The van der Waals surface area contributed by atoms with Crippen LogP contribution in [0.15, 0.2) is 16.7 Å². The SMILES string of the molecule is Cc1cc(CC(=O)Nc2cc([C@@H]3C[CH][C@H](F)C3)nn2C(C)(C)C)on1. The first-order valence-corrected chi connectivity index (χ1v) is 8.52. The van der Waals surface area contributed by atoms with Crippen LogP contribution in [0.2, 0.25) is 0 Å². The van der Waals surface area contributed by atoms with E-state index in [9.17, 15) is 9.18 Å². The lowest BCUT2D eigenvalue weighted by Gasteiger charge is -2.22. The smallest absolute Gasteiger partial charge is 0.233 e. The average molecular weight is 347 g/mol. The van der Waals surface area contributed by atoms with Crippen molar-refractivity contribution in [2.45, 2.75) is 64.6 Å². The van der Waals surface area contributed by atoms with Crippen LogP contribution in [0.25, 0.3) is 0 Å². The van der Waals surface area contributed by atoms with E-state index in [0.717, 1.165) is 11.4 Å². The summed E-state index contributed by atoms with van der Waals surface area (Å²) in [5.74, 6) is 0.995. The minimum Gasteiger partial charge on any atom is -0.361 e. The summed E-state index contributed by atoms with van der Waals surface area (Å²) in [6, 6.07) is 3.59. The number of anilines is 1. The number of hydrogen-bond acceptors (Lipinski definition) is 4. The first-order valence-electron chi connectivity index (χ1n) is 8.52. The summed E-state index contributed by atoms with van der Waals surface area (Å²) in [4.78, 5) is 12.3. The highest BCUT2D eigenvalue weighted by Gasteiger charge is 2.30. The molecule has 0 bridgehead atoms. The molecule has 3 rings (SSSR count). The molecule has 2 heterocycles. The van der Waals surface area contributed by atoms with Crippen LogP contribution in [0.4, 0.5) is 10.2 Å². The van der Waals surface area contributed by atoms with E-state index in [2.05, 4.69) is 15.6 Å². The zero-order chi connectivity index (χ0) is 18.2. The third kappa shape index (κ3) is 4.08. The summed E-state index contributed by atoms with van der Waals surface area (Å²) >= 11 is 0. The Morgan fingerprint density at radius 3 is 2.76 bits per heavy atom.